The number of benzene rings is 4. The summed E-state index contributed by atoms with van der Waals surface area (Å²) in [4.78, 5) is 2.49. The van der Waals surface area contributed by atoms with E-state index in [9.17, 15) is 0 Å². The molecule has 4 aromatic carbocycles. The number of nitrogens with zero attached hydrogens (tertiary/aromatic N) is 2. The lowest BCUT2D eigenvalue weighted by atomic mass is 9.65. The number of fused-ring (bicyclic) bond motifs is 12. The van der Waals surface area contributed by atoms with Gasteiger partial charge < -0.3 is 13.7 Å². The van der Waals surface area contributed by atoms with Crippen molar-refractivity contribution in [3.63, 3.8) is 0 Å². The zero-order valence-corrected chi connectivity index (χ0v) is 31.9. The molecule has 12 rings (SSSR count). The van der Waals surface area contributed by atoms with Gasteiger partial charge in [-0.25, -0.2) is 0 Å². The molecule has 0 saturated carbocycles. The molecule has 57 heavy (non-hydrogen) atoms. The maximum absolute atomic E-state index is 6.44. The largest absolute Gasteiger partial charge is 0.456 e. The van der Waals surface area contributed by atoms with Gasteiger partial charge in [-0.3, -0.25) is 0 Å². The Bertz CT molecular complexity index is 3310. The zero-order valence-electron chi connectivity index (χ0n) is 31.9. The fourth-order valence-corrected chi connectivity index (χ4v) is 10.7. The minimum atomic E-state index is 0.126. The van der Waals surface area contributed by atoms with Crippen molar-refractivity contribution in [2.75, 3.05) is 0 Å². The van der Waals surface area contributed by atoms with Crippen molar-refractivity contribution < 1.29 is 4.42 Å². The van der Waals surface area contributed by atoms with Crippen LogP contribution in [0, 0.1) is 0 Å². The highest BCUT2D eigenvalue weighted by atomic mass is 16.3. The van der Waals surface area contributed by atoms with Crippen molar-refractivity contribution in [2.45, 2.75) is 50.0 Å². The van der Waals surface area contributed by atoms with E-state index < -0.39 is 0 Å². The lowest BCUT2D eigenvalue weighted by Gasteiger charge is -2.39. The van der Waals surface area contributed by atoms with E-state index in [0.29, 0.717) is 11.8 Å². The van der Waals surface area contributed by atoms with Crippen LogP contribution in [-0.2, 0) is 0 Å². The van der Waals surface area contributed by atoms with Gasteiger partial charge in [0.15, 0.2) is 0 Å². The highest BCUT2D eigenvalue weighted by Crippen LogP contribution is 2.53. The second kappa shape index (κ2) is 12.7. The normalized spacial score (nSPS) is 21.6. The fraction of sp³-hybridized carbons (Fsp3) is 0.148. The predicted octanol–water partition coefficient (Wildman–Crippen LogP) is 10.1. The summed E-state index contributed by atoms with van der Waals surface area (Å²) in [7, 11) is 0. The summed E-state index contributed by atoms with van der Waals surface area (Å²) in [5, 5.41) is 8.37. The van der Waals surface area contributed by atoms with Gasteiger partial charge in [0, 0.05) is 55.7 Å². The van der Waals surface area contributed by atoms with Crippen molar-refractivity contribution in [1.29, 1.82) is 0 Å². The molecule has 0 bridgehead atoms. The van der Waals surface area contributed by atoms with Crippen LogP contribution in [0.4, 0.5) is 0 Å². The Morgan fingerprint density at radius 2 is 1.47 bits per heavy atom. The van der Waals surface area contributed by atoms with E-state index in [1.54, 1.807) is 0 Å². The lowest BCUT2D eigenvalue weighted by molar-refractivity contribution is 0.393. The molecule has 5 aliphatic rings. The van der Waals surface area contributed by atoms with E-state index in [-0.39, 0.29) is 6.04 Å². The molecule has 3 nitrogen and oxygen atoms in total. The van der Waals surface area contributed by atoms with Crippen molar-refractivity contribution in [1.82, 2.24) is 9.30 Å². The SMILES string of the molecule is C=c1c(=CC=CN(C2=CC=C(C3=CC=C4C5=CC=CCC5c5ccccc5C4C3)CC2)C2C=c3oc4ccccc4c3=CC2)n2c3ccccc3c3cccc1c32. The summed E-state index contributed by atoms with van der Waals surface area (Å²) in [6, 6.07) is 33.0. The molecule has 0 saturated heterocycles. The number of hydrogen-bond donors (Lipinski definition) is 0. The maximum atomic E-state index is 6.44. The summed E-state index contributed by atoms with van der Waals surface area (Å²) in [5.74, 6) is 0.891. The van der Waals surface area contributed by atoms with Gasteiger partial charge >= 0.3 is 0 Å². The van der Waals surface area contributed by atoms with Crippen LogP contribution < -0.4 is 21.2 Å². The number of allylic oxidation sites excluding steroid dienone is 13. The molecule has 3 atom stereocenters. The summed E-state index contributed by atoms with van der Waals surface area (Å²) in [6.07, 6.45) is 33.1. The maximum Gasteiger partial charge on any atom is 0.135 e. The van der Waals surface area contributed by atoms with Crippen LogP contribution in [0.15, 0.2) is 178 Å². The van der Waals surface area contributed by atoms with E-state index in [1.165, 1.54) is 76.9 Å². The van der Waals surface area contributed by atoms with Crippen LogP contribution in [0.5, 0.6) is 0 Å². The first-order chi connectivity index (χ1) is 28.2. The van der Waals surface area contributed by atoms with E-state index in [1.807, 2.05) is 0 Å². The molecule has 0 spiro atoms. The quantitative estimate of drug-likeness (QED) is 0.176. The first kappa shape index (κ1) is 32.6. The van der Waals surface area contributed by atoms with Crippen LogP contribution in [-0.4, -0.2) is 15.3 Å². The summed E-state index contributed by atoms with van der Waals surface area (Å²) >= 11 is 0. The number of rotatable bonds is 5. The highest BCUT2D eigenvalue weighted by molar-refractivity contribution is 6.14. The Kier molecular flexibility index (Phi) is 7.29. The second-order valence-corrected chi connectivity index (χ2v) is 16.3. The Balaban J connectivity index is 0.938. The van der Waals surface area contributed by atoms with Crippen LogP contribution in [0.2, 0.25) is 0 Å². The molecule has 5 aliphatic carbocycles. The van der Waals surface area contributed by atoms with E-state index in [4.69, 9.17) is 4.42 Å². The van der Waals surface area contributed by atoms with Crippen molar-refractivity contribution in [2.24, 2.45) is 0 Å². The molecule has 0 radical (unpaired) electrons. The first-order valence-electron chi connectivity index (χ1n) is 20.5. The van der Waals surface area contributed by atoms with Gasteiger partial charge in [-0.1, -0.05) is 128 Å². The van der Waals surface area contributed by atoms with Crippen LogP contribution >= 0.6 is 0 Å². The minimum absolute atomic E-state index is 0.126. The average Bonchev–Trinajstić information content (AvgIpc) is 3.91. The molecular weight excluding hydrogens is 693 g/mol. The van der Waals surface area contributed by atoms with Gasteiger partial charge in [-0.15, -0.1) is 0 Å². The first-order valence-corrected chi connectivity index (χ1v) is 20.5. The monoisotopic (exact) mass is 734 g/mol. The van der Waals surface area contributed by atoms with Crippen LogP contribution in [0.3, 0.4) is 0 Å². The lowest BCUT2D eigenvalue weighted by Crippen LogP contribution is -2.36. The molecule has 0 N–H and O–H groups in total. The van der Waals surface area contributed by atoms with Gasteiger partial charge in [-0.2, -0.15) is 0 Å². The summed E-state index contributed by atoms with van der Waals surface area (Å²) in [6.45, 7) is 4.59. The van der Waals surface area contributed by atoms with Crippen LogP contribution in [0.1, 0.15) is 55.1 Å². The Hall–Kier alpha value is -6.58. The molecule has 274 valence electrons. The molecule has 0 fully saturated rings. The van der Waals surface area contributed by atoms with Gasteiger partial charge in [0.25, 0.3) is 0 Å². The summed E-state index contributed by atoms with van der Waals surface area (Å²) in [5.41, 5.74) is 14.7. The molecule has 0 aliphatic heterocycles. The van der Waals surface area contributed by atoms with Gasteiger partial charge in [0.1, 0.15) is 11.0 Å². The average molecular weight is 735 g/mol. The molecule has 3 heteroatoms. The molecule has 0 amide bonds. The Labute approximate surface area is 331 Å². The highest BCUT2D eigenvalue weighted by Gasteiger charge is 2.36. The van der Waals surface area contributed by atoms with Crippen molar-refractivity contribution in [3.05, 3.63) is 206 Å². The number of furan rings is 1. The van der Waals surface area contributed by atoms with Gasteiger partial charge in [0.2, 0.25) is 0 Å². The molecule has 7 aromatic rings. The molecule has 3 aromatic heterocycles. The third-order valence-electron chi connectivity index (χ3n) is 13.4. The third kappa shape index (κ3) is 4.98. The zero-order chi connectivity index (χ0) is 37.6. The van der Waals surface area contributed by atoms with Crippen LogP contribution in [0.25, 0.3) is 63.0 Å². The number of para-hydroxylation sites is 3. The Morgan fingerprint density at radius 1 is 0.702 bits per heavy atom. The van der Waals surface area contributed by atoms with E-state index >= 15 is 0 Å². The third-order valence-corrected chi connectivity index (χ3v) is 13.4. The van der Waals surface area contributed by atoms with E-state index in [2.05, 4.69) is 180 Å². The Morgan fingerprint density at radius 3 is 2.37 bits per heavy atom. The number of hydrogen-bond acceptors (Lipinski definition) is 2. The second-order valence-electron chi connectivity index (χ2n) is 16.3. The molecule has 3 heterocycles. The summed E-state index contributed by atoms with van der Waals surface area (Å²) < 4.78 is 8.84. The van der Waals surface area contributed by atoms with E-state index in [0.717, 1.165) is 53.7 Å². The topological polar surface area (TPSA) is 20.8 Å². The molecule has 3 unspecified atom stereocenters. The smallest absolute Gasteiger partial charge is 0.135 e. The fourth-order valence-electron chi connectivity index (χ4n) is 10.7. The predicted molar refractivity (Wildman–Crippen MR) is 237 cm³/mol. The van der Waals surface area contributed by atoms with Crippen molar-refractivity contribution >= 4 is 63.0 Å². The number of aromatic nitrogens is 1. The van der Waals surface area contributed by atoms with Gasteiger partial charge in [0.05, 0.1) is 22.4 Å². The minimum Gasteiger partial charge on any atom is -0.456 e. The van der Waals surface area contributed by atoms with Crippen molar-refractivity contribution in [3.8, 4) is 0 Å². The standard InChI is InChI=1S/C54H42N2O/c1-34-39-18-10-19-48-45-16-6-8-20-51(45)56(54(39)48)50(34)21-11-31-55(38-28-30-47-46-17-7-9-22-52(46)57-53(47)33-38)37-26-23-35(24-27-37)36-25-29-44-42-14-3-2-12-40(42)41-13-4-5-15-43(41)49(44)32-36/h2-11,13-23,25-26,29-31,33,38,40,49H,1,12,24,27-28,32H2. The molecular formula is C54H42N2O. The van der Waals surface area contributed by atoms with Gasteiger partial charge in [-0.05, 0) is 102 Å².